The lowest BCUT2D eigenvalue weighted by atomic mass is 9.96. The lowest BCUT2D eigenvalue weighted by Gasteiger charge is -2.31. The van der Waals surface area contributed by atoms with Crippen LogP contribution in [-0.2, 0) is 14.4 Å². The van der Waals surface area contributed by atoms with E-state index in [4.69, 9.17) is 4.42 Å². The van der Waals surface area contributed by atoms with E-state index >= 15 is 0 Å². The molecule has 0 spiro atoms. The summed E-state index contributed by atoms with van der Waals surface area (Å²) in [5, 5.41) is 3.03. The summed E-state index contributed by atoms with van der Waals surface area (Å²) >= 11 is 0. The monoisotopic (exact) mass is 421 g/mol. The lowest BCUT2D eigenvalue weighted by molar-refractivity contribution is -0.128. The van der Waals surface area contributed by atoms with E-state index < -0.39 is 0 Å². The number of anilines is 1. The van der Waals surface area contributed by atoms with Gasteiger partial charge >= 0.3 is 0 Å². The van der Waals surface area contributed by atoms with Gasteiger partial charge in [0, 0.05) is 44.4 Å². The van der Waals surface area contributed by atoms with Crippen LogP contribution in [0.2, 0.25) is 0 Å². The molecule has 162 valence electrons. The fourth-order valence-electron chi connectivity index (χ4n) is 4.13. The number of likely N-dealkylation sites (tertiary alicyclic amines) is 1. The molecular weight excluding hydrogens is 394 g/mol. The number of benzene rings is 1. The quantitative estimate of drug-likeness (QED) is 0.727. The second-order valence-electron chi connectivity index (χ2n) is 8.10. The summed E-state index contributed by atoms with van der Waals surface area (Å²) in [6.45, 7) is 2.35. The van der Waals surface area contributed by atoms with Gasteiger partial charge in [0.1, 0.15) is 5.76 Å². The molecule has 4 rings (SSSR count). The van der Waals surface area contributed by atoms with Gasteiger partial charge in [-0.3, -0.25) is 14.4 Å². The topological polar surface area (TPSA) is 82.9 Å². The van der Waals surface area contributed by atoms with Crippen LogP contribution in [0.15, 0.2) is 59.2 Å². The molecule has 0 bridgehead atoms. The molecule has 31 heavy (non-hydrogen) atoms. The molecule has 1 aromatic heterocycles. The van der Waals surface area contributed by atoms with E-state index in [0.29, 0.717) is 37.9 Å². The number of hydrogen-bond donors (Lipinski definition) is 1. The normalized spacial score (nSPS) is 19.9. The first-order chi connectivity index (χ1) is 15.1. The zero-order chi connectivity index (χ0) is 21.6. The minimum Gasteiger partial charge on any atom is -0.465 e. The van der Waals surface area contributed by atoms with Crippen LogP contribution in [0.3, 0.4) is 0 Å². The maximum absolute atomic E-state index is 12.6. The van der Waals surface area contributed by atoms with Crippen LogP contribution in [0.25, 0.3) is 6.08 Å². The predicted molar refractivity (Wildman–Crippen MR) is 117 cm³/mol. The number of piperidine rings is 1. The number of carbonyl (C=O) groups excluding carboxylic acids is 3. The highest BCUT2D eigenvalue weighted by molar-refractivity contribution is 6.00. The summed E-state index contributed by atoms with van der Waals surface area (Å²) in [4.78, 5) is 40.7. The first kappa shape index (κ1) is 20.9. The highest BCUT2D eigenvalue weighted by Crippen LogP contribution is 2.25. The molecule has 2 aromatic rings. The minimum atomic E-state index is -0.318. The second kappa shape index (κ2) is 9.64. The summed E-state index contributed by atoms with van der Waals surface area (Å²) in [5.41, 5.74) is 0.834. The Morgan fingerprint density at radius 3 is 2.58 bits per heavy atom. The number of amides is 3. The third-order valence-electron chi connectivity index (χ3n) is 5.99. The molecule has 2 aliphatic rings. The van der Waals surface area contributed by atoms with Crippen molar-refractivity contribution >= 4 is 29.5 Å². The van der Waals surface area contributed by atoms with Crippen LogP contribution < -0.4 is 10.2 Å². The Kier molecular flexibility index (Phi) is 6.50. The number of nitrogens with zero attached hydrogens (tertiary/aromatic N) is 2. The van der Waals surface area contributed by atoms with Gasteiger partial charge in [-0.25, -0.2) is 0 Å². The molecule has 2 aliphatic heterocycles. The number of carbonyl (C=O) groups is 3. The average molecular weight is 421 g/mol. The third kappa shape index (κ3) is 5.23. The fraction of sp³-hybridized carbons (Fsp3) is 0.375. The van der Waals surface area contributed by atoms with Crippen molar-refractivity contribution in [2.75, 3.05) is 31.1 Å². The third-order valence-corrected chi connectivity index (χ3v) is 5.99. The van der Waals surface area contributed by atoms with Crippen LogP contribution in [0.5, 0.6) is 0 Å². The van der Waals surface area contributed by atoms with Crippen molar-refractivity contribution in [1.82, 2.24) is 10.2 Å². The van der Waals surface area contributed by atoms with E-state index in [1.807, 2.05) is 35.2 Å². The van der Waals surface area contributed by atoms with Crippen LogP contribution in [0.1, 0.15) is 25.0 Å². The Morgan fingerprint density at radius 1 is 1.10 bits per heavy atom. The minimum absolute atomic E-state index is 0.0132. The Morgan fingerprint density at radius 2 is 1.87 bits per heavy atom. The van der Waals surface area contributed by atoms with Gasteiger partial charge < -0.3 is 19.5 Å². The summed E-state index contributed by atoms with van der Waals surface area (Å²) < 4.78 is 5.20. The highest BCUT2D eigenvalue weighted by atomic mass is 16.3. The van der Waals surface area contributed by atoms with Gasteiger partial charge in [0.05, 0.1) is 12.2 Å². The molecule has 0 radical (unpaired) electrons. The molecule has 7 nitrogen and oxygen atoms in total. The van der Waals surface area contributed by atoms with E-state index in [-0.39, 0.29) is 30.1 Å². The van der Waals surface area contributed by atoms with E-state index in [9.17, 15) is 14.4 Å². The molecule has 1 atom stereocenters. The van der Waals surface area contributed by atoms with Crippen LogP contribution in [0.4, 0.5) is 5.69 Å². The van der Waals surface area contributed by atoms with Gasteiger partial charge in [0.25, 0.3) is 0 Å². The Hall–Kier alpha value is -3.35. The van der Waals surface area contributed by atoms with E-state index in [0.717, 1.165) is 18.5 Å². The summed E-state index contributed by atoms with van der Waals surface area (Å²) in [5.74, 6) is 0.574. The van der Waals surface area contributed by atoms with Crippen molar-refractivity contribution in [3.8, 4) is 0 Å². The Balaban J connectivity index is 1.20. The molecule has 1 unspecified atom stereocenters. The van der Waals surface area contributed by atoms with Gasteiger partial charge in [-0.05, 0) is 49.1 Å². The van der Waals surface area contributed by atoms with Crippen molar-refractivity contribution in [1.29, 1.82) is 0 Å². The summed E-state index contributed by atoms with van der Waals surface area (Å²) in [7, 11) is 0. The number of nitrogens with one attached hydrogen (secondary N) is 1. The highest BCUT2D eigenvalue weighted by Gasteiger charge is 2.35. The molecule has 2 saturated heterocycles. The maximum Gasteiger partial charge on any atom is 0.246 e. The number of rotatable bonds is 6. The molecule has 0 aliphatic carbocycles. The molecular formula is C24H27N3O4. The zero-order valence-electron chi connectivity index (χ0n) is 17.4. The Bertz CT molecular complexity index is 931. The van der Waals surface area contributed by atoms with Crippen molar-refractivity contribution < 1.29 is 18.8 Å². The van der Waals surface area contributed by atoms with Gasteiger partial charge in [0.2, 0.25) is 17.7 Å². The van der Waals surface area contributed by atoms with Gasteiger partial charge in [0.15, 0.2) is 0 Å². The van der Waals surface area contributed by atoms with Gasteiger partial charge in [-0.15, -0.1) is 0 Å². The Labute approximate surface area is 181 Å². The predicted octanol–water partition coefficient (Wildman–Crippen LogP) is 2.70. The largest absolute Gasteiger partial charge is 0.465 e. The number of hydrogen-bond acceptors (Lipinski definition) is 4. The van der Waals surface area contributed by atoms with Crippen molar-refractivity contribution in [3.63, 3.8) is 0 Å². The van der Waals surface area contributed by atoms with Gasteiger partial charge in [-0.1, -0.05) is 18.2 Å². The average Bonchev–Trinajstić information content (AvgIpc) is 3.46. The van der Waals surface area contributed by atoms with Crippen molar-refractivity contribution in [2.45, 2.75) is 19.3 Å². The summed E-state index contributed by atoms with van der Waals surface area (Å²) in [6.07, 6.45) is 6.73. The second-order valence-corrected chi connectivity index (χ2v) is 8.10. The molecule has 0 saturated carbocycles. The zero-order valence-corrected chi connectivity index (χ0v) is 17.4. The molecule has 3 heterocycles. The molecule has 1 N–H and O–H groups in total. The van der Waals surface area contributed by atoms with E-state index in [1.165, 1.54) is 6.08 Å². The first-order valence-corrected chi connectivity index (χ1v) is 10.7. The first-order valence-electron chi connectivity index (χ1n) is 10.7. The summed E-state index contributed by atoms with van der Waals surface area (Å²) in [6, 6.07) is 13.0. The number of para-hydroxylation sites is 1. The van der Waals surface area contributed by atoms with Gasteiger partial charge in [-0.2, -0.15) is 0 Å². The molecule has 7 heteroatoms. The van der Waals surface area contributed by atoms with Crippen LogP contribution in [0, 0.1) is 11.8 Å². The fourth-order valence-corrected chi connectivity index (χ4v) is 4.13. The lowest BCUT2D eigenvalue weighted by Crippen LogP contribution is -2.42. The van der Waals surface area contributed by atoms with E-state index in [1.54, 1.807) is 29.4 Å². The van der Waals surface area contributed by atoms with Crippen molar-refractivity contribution in [3.05, 3.63) is 60.6 Å². The molecule has 1 aromatic carbocycles. The maximum atomic E-state index is 12.6. The standard InChI is InChI=1S/C24H27N3O4/c28-22(9-8-21-7-4-14-31-21)26-12-10-18(11-13-26)16-25-24(30)19-15-23(29)27(17-19)20-5-2-1-3-6-20/h1-9,14,18-19H,10-13,15-17H2,(H,25,30)/b9-8+. The molecule has 2 fully saturated rings. The smallest absolute Gasteiger partial charge is 0.246 e. The van der Waals surface area contributed by atoms with Crippen LogP contribution in [-0.4, -0.2) is 48.8 Å². The van der Waals surface area contributed by atoms with Crippen LogP contribution >= 0.6 is 0 Å². The molecule has 3 amide bonds. The van der Waals surface area contributed by atoms with E-state index in [2.05, 4.69) is 5.32 Å². The SMILES string of the molecule is O=C(NCC1CCN(C(=O)/C=C/c2ccco2)CC1)C1CC(=O)N(c2ccccc2)C1. The number of furan rings is 1. The van der Waals surface area contributed by atoms with Crippen molar-refractivity contribution in [2.24, 2.45) is 11.8 Å².